The summed E-state index contributed by atoms with van der Waals surface area (Å²) in [5, 5.41) is 2.94. The molecule has 0 fully saturated rings. The lowest BCUT2D eigenvalue weighted by Crippen LogP contribution is -2.14. The maximum absolute atomic E-state index is 12.1. The number of halogens is 1. The minimum Gasteiger partial charge on any atom is -0.326 e. The van der Waals surface area contributed by atoms with E-state index in [2.05, 4.69) is 26.2 Å². The average Bonchev–Trinajstić information content (AvgIpc) is 2.60. The lowest BCUT2D eigenvalue weighted by atomic mass is 10.1. The fourth-order valence-corrected chi connectivity index (χ4v) is 2.70. The molecule has 120 valence electrons. The summed E-state index contributed by atoms with van der Waals surface area (Å²) >= 11 is 3.39. The zero-order chi connectivity index (χ0) is 16.8. The van der Waals surface area contributed by atoms with Crippen molar-refractivity contribution in [3.05, 3.63) is 94.2 Å². The first kappa shape index (κ1) is 16.4. The van der Waals surface area contributed by atoms with Crippen LogP contribution in [0.3, 0.4) is 0 Å². The Labute approximate surface area is 149 Å². The van der Waals surface area contributed by atoms with Crippen molar-refractivity contribution in [1.29, 1.82) is 0 Å². The minimum atomic E-state index is -0.0146. The minimum absolute atomic E-state index is 0.0146. The van der Waals surface area contributed by atoms with E-state index in [0.717, 1.165) is 22.1 Å². The van der Waals surface area contributed by atoms with Crippen LogP contribution in [0.5, 0.6) is 0 Å². The van der Waals surface area contributed by atoms with E-state index in [0.29, 0.717) is 6.42 Å². The molecule has 0 bridgehead atoms. The molecule has 0 aliphatic rings. The van der Waals surface area contributed by atoms with Crippen LogP contribution in [0.4, 0.5) is 5.69 Å². The van der Waals surface area contributed by atoms with Crippen LogP contribution in [0.25, 0.3) is 0 Å². The average molecular weight is 381 g/mol. The van der Waals surface area contributed by atoms with E-state index < -0.39 is 0 Å². The lowest BCUT2D eigenvalue weighted by Gasteiger charge is -2.07. The molecule has 1 aromatic heterocycles. The van der Waals surface area contributed by atoms with Crippen molar-refractivity contribution < 1.29 is 4.79 Å². The summed E-state index contributed by atoms with van der Waals surface area (Å²) < 4.78 is 1.01. The maximum atomic E-state index is 12.1. The number of carbonyl (C=O) groups is 1. The number of benzene rings is 2. The Morgan fingerprint density at radius 3 is 2.08 bits per heavy atom. The molecule has 0 radical (unpaired) electrons. The van der Waals surface area contributed by atoms with Gasteiger partial charge in [-0.1, -0.05) is 40.2 Å². The van der Waals surface area contributed by atoms with Gasteiger partial charge < -0.3 is 5.32 Å². The van der Waals surface area contributed by atoms with Crippen molar-refractivity contribution in [2.24, 2.45) is 0 Å². The van der Waals surface area contributed by atoms with Gasteiger partial charge in [-0.25, -0.2) is 0 Å². The largest absolute Gasteiger partial charge is 0.326 e. The van der Waals surface area contributed by atoms with Gasteiger partial charge in [-0.2, -0.15) is 0 Å². The Hall–Kier alpha value is -2.46. The molecule has 0 unspecified atom stereocenters. The van der Waals surface area contributed by atoms with Gasteiger partial charge in [0.1, 0.15) is 0 Å². The third-order valence-electron chi connectivity index (χ3n) is 3.67. The molecule has 0 saturated heterocycles. The Balaban J connectivity index is 1.57. The van der Waals surface area contributed by atoms with Crippen LogP contribution in [0.15, 0.2) is 77.5 Å². The van der Waals surface area contributed by atoms with Gasteiger partial charge in [0, 0.05) is 22.6 Å². The lowest BCUT2D eigenvalue weighted by molar-refractivity contribution is -0.115. The summed E-state index contributed by atoms with van der Waals surface area (Å²) in [5.74, 6) is -0.0146. The SMILES string of the molecule is O=C(Cc1ccc(Br)cc1)Nc1ccc(Cc2ccncc2)cc1. The number of amides is 1. The zero-order valence-corrected chi connectivity index (χ0v) is 14.7. The van der Waals surface area contributed by atoms with Crippen LogP contribution in [-0.4, -0.2) is 10.9 Å². The number of hydrogen-bond acceptors (Lipinski definition) is 2. The third kappa shape index (κ3) is 4.77. The van der Waals surface area contributed by atoms with Crippen molar-refractivity contribution in [2.75, 3.05) is 5.32 Å². The number of nitrogens with zero attached hydrogens (tertiary/aromatic N) is 1. The van der Waals surface area contributed by atoms with Gasteiger partial charge in [-0.3, -0.25) is 9.78 Å². The summed E-state index contributed by atoms with van der Waals surface area (Å²) in [6, 6.07) is 19.7. The summed E-state index contributed by atoms with van der Waals surface area (Å²) in [7, 11) is 0. The Morgan fingerprint density at radius 2 is 1.42 bits per heavy atom. The topological polar surface area (TPSA) is 42.0 Å². The fourth-order valence-electron chi connectivity index (χ4n) is 2.44. The van der Waals surface area contributed by atoms with Gasteiger partial charge in [-0.05, 0) is 59.5 Å². The third-order valence-corrected chi connectivity index (χ3v) is 4.20. The molecule has 1 heterocycles. The van der Waals surface area contributed by atoms with Crippen molar-refractivity contribution in [3.8, 4) is 0 Å². The molecular weight excluding hydrogens is 364 g/mol. The van der Waals surface area contributed by atoms with Gasteiger partial charge in [0.15, 0.2) is 0 Å². The molecule has 1 amide bonds. The second-order valence-corrected chi connectivity index (χ2v) is 6.50. The van der Waals surface area contributed by atoms with Crippen LogP contribution < -0.4 is 5.32 Å². The van der Waals surface area contributed by atoms with Crippen molar-refractivity contribution in [2.45, 2.75) is 12.8 Å². The second-order valence-electron chi connectivity index (χ2n) is 5.58. The van der Waals surface area contributed by atoms with E-state index in [4.69, 9.17) is 0 Å². The highest BCUT2D eigenvalue weighted by molar-refractivity contribution is 9.10. The number of rotatable bonds is 5. The highest BCUT2D eigenvalue weighted by Crippen LogP contribution is 2.15. The highest BCUT2D eigenvalue weighted by Gasteiger charge is 2.04. The Morgan fingerprint density at radius 1 is 0.833 bits per heavy atom. The van der Waals surface area contributed by atoms with Crippen LogP contribution in [0.2, 0.25) is 0 Å². The molecule has 3 nitrogen and oxygen atoms in total. The molecule has 4 heteroatoms. The molecule has 24 heavy (non-hydrogen) atoms. The van der Waals surface area contributed by atoms with Crippen LogP contribution in [0, 0.1) is 0 Å². The van der Waals surface area contributed by atoms with Gasteiger partial charge >= 0.3 is 0 Å². The van der Waals surface area contributed by atoms with Gasteiger partial charge in [0.25, 0.3) is 0 Å². The summed E-state index contributed by atoms with van der Waals surface area (Å²) in [6.45, 7) is 0. The number of aromatic nitrogens is 1. The number of anilines is 1. The van der Waals surface area contributed by atoms with Gasteiger partial charge in [0.05, 0.1) is 6.42 Å². The van der Waals surface area contributed by atoms with E-state index in [1.54, 1.807) is 12.4 Å². The van der Waals surface area contributed by atoms with E-state index in [9.17, 15) is 4.79 Å². The van der Waals surface area contributed by atoms with E-state index >= 15 is 0 Å². The first-order valence-electron chi connectivity index (χ1n) is 7.71. The summed E-state index contributed by atoms with van der Waals surface area (Å²) in [5.41, 5.74) is 4.23. The Kier molecular flexibility index (Phi) is 5.39. The molecule has 3 aromatic rings. The molecule has 0 spiro atoms. The molecule has 3 rings (SSSR count). The van der Waals surface area contributed by atoms with Gasteiger partial charge in [0.2, 0.25) is 5.91 Å². The summed E-state index contributed by atoms with van der Waals surface area (Å²) in [6.07, 6.45) is 4.82. The second kappa shape index (κ2) is 7.88. The molecule has 1 N–H and O–H groups in total. The van der Waals surface area contributed by atoms with E-state index in [-0.39, 0.29) is 5.91 Å². The molecule has 0 aliphatic carbocycles. The monoisotopic (exact) mass is 380 g/mol. The Bertz CT molecular complexity index is 799. The van der Waals surface area contributed by atoms with Crippen LogP contribution in [0.1, 0.15) is 16.7 Å². The smallest absolute Gasteiger partial charge is 0.228 e. The van der Waals surface area contributed by atoms with E-state index in [1.807, 2.05) is 60.7 Å². The van der Waals surface area contributed by atoms with Gasteiger partial charge in [-0.15, -0.1) is 0 Å². The predicted molar refractivity (Wildman–Crippen MR) is 100.0 cm³/mol. The maximum Gasteiger partial charge on any atom is 0.228 e. The van der Waals surface area contributed by atoms with Crippen LogP contribution in [-0.2, 0) is 17.6 Å². The quantitative estimate of drug-likeness (QED) is 0.701. The number of pyridine rings is 1. The van der Waals surface area contributed by atoms with Crippen molar-refractivity contribution in [1.82, 2.24) is 4.98 Å². The number of nitrogens with one attached hydrogen (secondary N) is 1. The number of carbonyl (C=O) groups excluding carboxylic acids is 1. The zero-order valence-electron chi connectivity index (χ0n) is 13.1. The molecular formula is C20H17BrN2O. The first-order valence-corrected chi connectivity index (χ1v) is 8.50. The van der Waals surface area contributed by atoms with Crippen molar-refractivity contribution >= 4 is 27.5 Å². The summed E-state index contributed by atoms with van der Waals surface area (Å²) in [4.78, 5) is 16.1. The predicted octanol–water partition coefficient (Wildman–Crippen LogP) is 4.62. The molecule has 2 aromatic carbocycles. The van der Waals surface area contributed by atoms with Crippen molar-refractivity contribution in [3.63, 3.8) is 0 Å². The molecule has 0 aliphatic heterocycles. The first-order chi connectivity index (χ1) is 11.7. The fraction of sp³-hybridized carbons (Fsp3) is 0.100. The normalized spacial score (nSPS) is 10.4. The molecule has 0 saturated carbocycles. The van der Waals surface area contributed by atoms with E-state index in [1.165, 1.54) is 11.1 Å². The standard InChI is InChI=1S/C20H17BrN2O/c21-18-5-1-16(2-6-18)14-20(24)23-19-7-3-15(4-8-19)13-17-9-11-22-12-10-17/h1-12H,13-14H2,(H,23,24). The number of hydrogen-bond donors (Lipinski definition) is 1. The highest BCUT2D eigenvalue weighted by atomic mass is 79.9. The molecule has 0 atom stereocenters. The van der Waals surface area contributed by atoms with Crippen LogP contribution >= 0.6 is 15.9 Å².